The van der Waals surface area contributed by atoms with Gasteiger partial charge in [0, 0.05) is 0 Å². The Morgan fingerprint density at radius 2 is 1.81 bits per heavy atom. The summed E-state index contributed by atoms with van der Waals surface area (Å²) in [6.07, 6.45) is 3.47. The van der Waals surface area contributed by atoms with Crippen molar-refractivity contribution in [1.82, 2.24) is 10.6 Å². The van der Waals surface area contributed by atoms with Crippen LogP contribution in [0.25, 0.3) is 0 Å². The fraction of sp³-hybridized carbons (Fsp3) is 0.526. The van der Waals surface area contributed by atoms with Crippen LogP contribution < -0.4 is 10.6 Å². The largest absolute Gasteiger partial charge is 0.480 e. The number of aliphatic carboxylic acids is 1. The fourth-order valence-corrected chi connectivity index (χ4v) is 2.82. The van der Waals surface area contributed by atoms with E-state index in [1.807, 2.05) is 43.5 Å². The Bertz CT molecular complexity index is 597. The van der Waals surface area contributed by atoms with Gasteiger partial charge in [-0.15, -0.1) is 0 Å². The van der Waals surface area contributed by atoms with Crippen molar-refractivity contribution in [3.63, 3.8) is 0 Å². The summed E-state index contributed by atoms with van der Waals surface area (Å²) >= 11 is 1.51. The third-order valence-electron chi connectivity index (χ3n) is 3.89. The van der Waals surface area contributed by atoms with Crippen LogP contribution in [0.15, 0.2) is 30.3 Å². The van der Waals surface area contributed by atoms with Crippen LogP contribution in [0.4, 0.5) is 4.79 Å². The van der Waals surface area contributed by atoms with E-state index in [9.17, 15) is 19.5 Å². The maximum Gasteiger partial charge on any atom is 0.408 e. The fourth-order valence-electron chi connectivity index (χ4n) is 2.35. The molecule has 2 amide bonds. The first-order valence-corrected chi connectivity index (χ1v) is 10.4. The standard InChI is InChI=1S/C19H28N2O5S/c1-3-4-10-15(17(22)20-16(18(23)24)11-12-27-2)21-19(25)26-13-14-8-6-5-7-9-14/h5-9,15-16H,3-4,10-13H2,1-2H3,(H,20,22)(H,21,25)(H,23,24)/t15-,16+/m0/s1. The Kier molecular flexibility index (Phi) is 11.0. The van der Waals surface area contributed by atoms with E-state index in [-0.39, 0.29) is 6.61 Å². The van der Waals surface area contributed by atoms with Crippen molar-refractivity contribution >= 4 is 29.7 Å². The van der Waals surface area contributed by atoms with Gasteiger partial charge in [0.05, 0.1) is 0 Å². The third-order valence-corrected chi connectivity index (χ3v) is 4.54. The van der Waals surface area contributed by atoms with Crippen molar-refractivity contribution in [1.29, 1.82) is 0 Å². The number of carbonyl (C=O) groups is 3. The predicted molar refractivity (Wildman–Crippen MR) is 106 cm³/mol. The normalized spacial score (nSPS) is 12.7. The number of carboxylic acids is 1. The van der Waals surface area contributed by atoms with Gasteiger partial charge in [-0.25, -0.2) is 9.59 Å². The highest BCUT2D eigenvalue weighted by atomic mass is 32.2. The molecule has 7 nitrogen and oxygen atoms in total. The molecule has 0 heterocycles. The maximum absolute atomic E-state index is 12.5. The molecule has 0 saturated carbocycles. The molecule has 2 atom stereocenters. The second kappa shape index (κ2) is 13.0. The molecule has 1 aromatic carbocycles. The van der Waals surface area contributed by atoms with E-state index >= 15 is 0 Å². The van der Waals surface area contributed by atoms with E-state index < -0.39 is 30.1 Å². The van der Waals surface area contributed by atoms with Crippen molar-refractivity contribution in [2.24, 2.45) is 0 Å². The van der Waals surface area contributed by atoms with Crippen molar-refractivity contribution in [3.8, 4) is 0 Å². The SMILES string of the molecule is CCCC[C@H](NC(=O)OCc1ccccc1)C(=O)N[C@H](CCSC)C(=O)O. The summed E-state index contributed by atoms with van der Waals surface area (Å²) < 4.78 is 5.16. The van der Waals surface area contributed by atoms with Gasteiger partial charge in [0.2, 0.25) is 5.91 Å². The number of amides is 2. The number of benzene rings is 1. The van der Waals surface area contributed by atoms with Crippen molar-refractivity contribution in [3.05, 3.63) is 35.9 Å². The van der Waals surface area contributed by atoms with E-state index in [1.54, 1.807) is 0 Å². The number of unbranched alkanes of at least 4 members (excludes halogenated alkanes) is 1. The zero-order valence-corrected chi connectivity index (χ0v) is 16.6. The second-order valence-electron chi connectivity index (χ2n) is 6.08. The van der Waals surface area contributed by atoms with Gasteiger partial charge in [0.15, 0.2) is 0 Å². The summed E-state index contributed by atoms with van der Waals surface area (Å²) in [4.78, 5) is 35.9. The van der Waals surface area contributed by atoms with Crippen LogP contribution in [-0.2, 0) is 20.9 Å². The van der Waals surface area contributed by atoms with Crippen molar-refractivity contribution in [2.45, 2.75) is 51.3 Å². The van der Waals surface area contributed by atoms with Crippen LogP contribution in [0.3, 0.4) is 0 Å². The number of rotatable bonds is 12. The second-order valence-corrected chi connectivity index (χ2v) is 7.07. The quantitative estimate of drug-likeness (QED) is 0.502. The molecule has 0 spiro atoms. The highest BCUT2D eigenvalue weighted by molar-refractivity contribution is 7.98. The van der Waals surface area contributed by atoms with E-state index in [4.69, 9.17) is 4.74 Å². The summed E-state index contributed by atoms with van der Waals surface area (Å²) in [6.45, 7) is 2.07. The Morgan fingerprint density at radius 1 is 1.11 bits per heavy atom. The minimum Gasteiger partial charge on any atom is -0.480 e. The molecule has 0 bridgehead atoms. The van der Waals surface area contributed by atoms with Crippen LogP contribution in [-0.4, -0.2) is 47.2 Å². The molecular formula is C19H28N2O5S. The van der Waals surface area contributed by atoms with E-state index in [1.165, 1.54) is 11.8 Å². The Hall–Kier alpha value is -2.22. The van der Waals surface area contributed by atoms with Crippen LogP contribution in [0.2, 0.25) is 0 Å². The lowest BCUT2D eigenvalue weighted by Gasteiger charge is -2.21. The van der Waals surface area contributed by atoms with Gasteiger partial charge in [-0.2, -0.15) is 11.8 Å². The van der Waals surface area contributed by atoms with Crippen LogP contribution >= 0.6 is 11.8 Å². The molecule has 0 unspecified atom stereocenters. The molecule has 0 aliphatic carbocycles. The number of carbonyl (C=O) groups excluding carboxylic acids is 2. The Labute approximate surface area is 164 Å². The van der Waals surface area contributed by atoms with Crippen LogP contribution in [0, 0.1) is 0 Å². The minimum absolute atomic E-state index is 0.0975. The molecule has 0 aliphatic rings. The number of alkyl carbamates (subject to hydrolysis) is 1. The minimum atomic E-state index is -1.08. The monoisotopic (exact) mass is 396 g/mol. The maximum atomic E-state index is 12.5. The lowest BCUT2D eigenvalue weighted by atomic mass is 10.1. The van der Waals surface area contributed by atoms with E-state index in [2.05, 4.69) is 10.6 Å². The first-order chi connectivity index (χ1) is 13.0. The average molecular weight is 397 g/mol. The van der Waals surface area contributed by atoms with E-state index in [0.29, 0.717) is 18.6 Å². The number of nitrogens with one attached hydrogen (secondary N) is 2. The van der Waals surface area contributed by atoms with Crippen molar-refractivity contribution in [2.75, 3.05) is 12.0 Å². The molecule has 27 heavy (non-hydrogen) atoms. The zero-order valence-electron chi connectivity index (χ0n) is 15.8. The first-order valence-electron chi connectivity index (χ1n) is 8.97. The number of ether oxygens (including phenoxy) is 1. The van der Waals surface area contributed by atoms with Crippen molar-refractivity contribution < 1.29 is 24.2 Å². The molecule has 0 aliphatic heterocycles. The molecule has 150 valence electrons. The molecule has 1 aromatic rings. The number of hydrogen-bond donors (Lipinski definition) is 3. The molecule has 3 N–H and O–H groups in total. The van der Waals surface area contributed by atoms with Gasteiger partial charge < -0.3 is 20.5 Å². The van der Waals surface area contributed by atoms with Gasteiger partial charge in [0.25, 0.3) is 0 Å². The Morgan fingerprint density at radius 3 is 2.41 bits per heavy atom. The van der Waals surface area contributed by atoms with E-state index in [0.717, 1.165) is 18.4 Å². The first kappa shape index (κ1) is 22.8. The highest BCUT2D eigenvalue weighted by Gasteiger charge is 2.26. The predicted octanol–water partition coefficient (Wildman–Crippen LogP) is 2.79. The number of hydrogen-bond acceptors (Lipinski definition) is 5. The summed E-state index contributed by atoms with van der Waals surface area (Å²) in [5.74, 6) is -0.976. The number of thioether (sulfide) groups is 1. The van der Waals surface area contributed by atoms with Gasteiger partial charge in [-0.1, -0.05) is 50.1 Å². The van der Waals surface area contributed by atoms with Crippen LogP contribution in [0.1, 0.15) is 38.2 Å². The smallest absolute Gasteiger partial charge is 0.408 e. The molecule has 0 aromatic heterocycles. The van der Waals surface area contributed by atoms with Crippen LogP contribution in [0.5, 0.6) is 0 Å². The Balaban J connectivity index is 2.62. The lowest BCUT2D eigenvalue weighted by Crippen LogP contribution is -2.51. The topological polar surface area (TPSA) is 105 Å². The molecule has 0 radical (unpaired) electrons. The average Bonchev–Trinajstić information content (AvgIpc) is 2.67. The molecule has 1 rings (SSSR count). The lowest BCUT2D eigenvalue weighted by molar-refractivity contribution is -0.142. The van der Waals surface area contributed by atoms with Gasteiger partial charge in [-0.3, -0.25) is 4.79 Å². The summed E-state index contributed by atoms with van der Waals surface area (Å²) in [7, 11) is 0. The third kappa shape index (κ3) is 9.33. The molecule has 0 saturated heterocycles. The number of carboxylic acid groups (broad SMARTS) is 1. The summed E-state index contributed by atoms with van der Waals surface area (Å²) in [6, 6.07) is 7.41. The molecule has 0 fully saturated rings. The summed E-state index contributed by atoms with van der Waals surface area (Å²) in [5, 5.41) is 14.3. The van der Waals surface area contributed by atoms with Gasteiger partial charge in [0.1, 0.15) is 18.7 Å². The summed E-state index contributed by atoms with van der Waals surface area (Å²) in [5.41, 5.74) is 0.838. The highest BCUT2D eigenvalue weighted by Crippen LogP contribution is 2.06. The molecule has 8 heteroatoms. The zero-order chi connectivity index (χ0) is 20.1. The molecular weight excluding hydrogens is 368 g/mol. The van der Waals surface area contributed by atoms with Gasteiger partial charge >= 0.3 is 12.1 Å². The van der Waals surface area contributed by atoms with Gasteiger partial charge in [-0.05, 0) is 30.4 Å².